The molecule has 110 valence electrons. The van der Waals surface area contributed by atoms with E-state index in [2.05, 4.69) is 48.7 Å². The van der Waals surface area contributed by atoms with E-state index in [1.807, 2.05) is 0 Å². The Balaban J connectivity index is 2.19. The van der Waals surface area contributed by atoms with E-state index in [-0.39, 0.29) is 23.4 Å². The van der Waals surface area contributed by atoms with E-state index in [0.717, 1.165) is 38.7 Å². The van der Waals surface area contributed by atoms with Crippen LogP contribution in [0.4, 0.5) is 0 Å². The Morgan fingerprint density at radius 3 is 2.67 bits per heavy atom. The van der Waals surface area contributed by atoms with E-state index in [1.54, 1.807) is 0 Å². The number of hydrogen-bond donors (Lipinski definition) is 0. The van der Waals surface area contributed by atoms with E-state index < -0.39 is 0 Å². The lowest BCUT2D eigenvalue weighted by Crippen LogP contribution is -2.31. The minimum Gasteiger partial charge on any atom is -0.295 e. The van der Waals surface area contributed by atoms with Gasteiger partial charge in [0.25, 0.3) is 0 Å². The maximum atomic E-state index is 12.6. The maximum absolute atomic E-state index is 12.6. The molecule has 0 spiro atoms. The van der Waals surface area contributed by atoms with E-state index in [4.69, 9.17) is 0 Å². The molecule has 0 aliphatic heterocycles. The van der Waals surface area contributed by atoms with Crippen LogP contribution in [0.15, 0.2) is 45.1 Å². The average Bonchev–Trinajstić information content (AvgIpc) is 2.74. The molecule has 1 saturated carbocycles. The van der Waals surface area contributed by atoms with Crippen LogP contribution >= 0.6 is 22.6 Å². The summed E-state index contributed by atoms with van der Waals surface area (Å²) in [6, 6.07) is 0. The molecule has 21 heavy (non-hydrogen) atoms. The number of carbonyl (C=O) groups excluding carboxylic acids is 2. The standard InChI is InChI=1S/C18H19IO2/c1-9(2)11-5-4-10(3)16-13(11)8-14(19)18(21)12-6-7-15(20)17(12)16/h8,11,13,16H,1,3-7H2,2H3/t11-,13-,16-/m1/s1. The molecule has 3 atom stereocenters. The van der Waals surface area contributed by atoms with Crippen molar-refractivity contribution in [2.75, 3.05) is 0 Å². The number of fused-ring (bicyclic) bond motifs is 2. The average molecular weight is 394 g/mol. The molecule has 0 aromatic heterocycles. The van der Waals surface area contributed by atoms with Crippen LogP contribution < -0.4 is 0 Å². The normalized spacial score (nSPS) is 32.6. The number of halogens is 1. The third-order valence-electron chi connectivity index (χ3n) is 5.07. The van der Waals surface area contributed by atoms with Crippen molar-refractivity contribution in [3.05, 3.63) is 45.1 Å². The Bertz CT molecular complexity index is 636. The predicted molar refractivity (Wildman–Crippen MR) is 92.0 cm³/mol. The van der Waals surface area contributed by atoms with E-state index in [0.29, 0.717) is 18.8 Å². The van der Waals surface area contributed by atoms with Gasteiger partial charge in [-0.25, -0.2) is 0 Å². The van der Waals surface area contributed by atoms with Crippen molar-refractivity contribution in [1.82, 2.24) is 0 Å². The zero-order valence-corrected chi connectivity index (χ0v) is 14.4. The number of allylic oxidation sites excluding steroid dienone is 6. The fourth-order valence-electron chi connectivity index (χ4n) is 4.04. The summed E-state index contributed by atoms with van der Waals surface area (Å²) in [4.78, 5) is 25.0. The van der Waals surface area contributed by atoms with Crippen LogP contribution in [-0.4, -0.2) is 11.6 Å². The third kappa shape index (κ3) is 2.30. The monoisotopic (exact) mass is 394 g/mol. The lowest BCUT2D eigenvalue weighted by molar-refractivity contribution is -0.115. The molecule has 0 N–H and O–H groups in total. The molecule has 0 unspecified atom stereocenters. The zero-order chi connectivity index (χ0) is 15.3. The molecular formula is C18H19IO2. The smallest absolute Gasteiger partial charge is 0.195 e. The minimum atomic E-state index is 0.0154. The van der Waals surface area contributed by atoms with E-state index in [1.165, 1.54) is 0 Å². The van der Waals surface area contributed by atoms with Gasteiger partial charge in [0, 0.05) is 23.5 Å². The number of carbonyl (C=O) groups is 2. The van der Waals surface area contributed by atoms with Crippen molar-refractivity contribution in [1.29, 1.82) is 0 Å². The maximum Gasteiger partial charge on any atom is 0.195 e. The second-order valence-corrected chi connectivity index (χ2v) is 7.53. The van der Waals surface area contributed by atoms with Crippen LogP contribution in [0.5, 0.6) is 0 Å². The van der Waals surface area contributed by atoms with Crippen molar-refractivity contribution < 1.29 is 9.59 Å². The van der Waals surface area contributed by atoms with Crippen LogP contribution in [0.25, 0.3) is 0 Å². The van der Waals surface area contributed by atoms with Crippen LogP contribution in [0, 0.1) is 17.8 Å². The first-order valence-electron chi connectivity index (χ1n) is 7.43. The fraction of sp³-hybridized carbons (Fsp3) is 0.444. The Kier molecular flexibility index (Phi) is 3.80. The van der Waals surface area contributed by atoms with Gasteiger partial charge in [0.1, 0.15) is 0 Å². The largest absolute Gasteiger partial charge is 0.295 e. The summed E-state index contributed by atoms with van der Waals surface area (Å²) in [5.41, 5.74) is 3.76. The number of ketones is 2. The van der Waals surface area contributed by atoms with Crippen molar-refractivity contribution in [3.8, 4) is 0 Å². The van der Waals surface area contributed by atoms with Gasteiger partial charge in [-0.3, -0.25) is 9.59 Å². The van der Waals surface area contributed by atoms with Crippen molar-refractivity contribution >= 4 is 34.2 Å². The van der Waals surface area contributed by atoms with Gasteiger partial charge >= 0.3 is 0 Å². The van der Waals surface area contributed by atoms with Crippen LogP contribution in [0.1, 0.15) is 32.6 Å². The fourth-order valence-corrected chi connectivity index (χ4v) is 4.78. The molecule has 0 saturated heterocycles. The van der Waals surface area contributed by atoms with Gasteiger partial charge < -0.3 is 0 Å². The van der Waals surface area contributed by atoms with Gasteiger partial charge in [-0.2, -0.15) is 0 Å². The van der Waals surface area contributed by atoms with Gasteiger partial charge in [0.2, 0.25) is 0 Å². The predicted octanol–water partition coefficient (Wildman–Crippen LogP) is 4.32. The molecule has 0 amide bonds. The van der Waals surface area contributed by atoms with Crippen LogP contribution in [-0.2, 0) is 9.59 Å². The summed E-state index contributed by atoms with van der Waals surface area (Å²) in [5, 5.41) is 0. The molecular weight excluding hydrogens is 375 g/mol. The summed E-state index contributed by atoms with van der Waals surface area (Å²) in [6.07, 6.45) is 5.08. The lowest BCUT2D eigenvalue weighted by Gasteiger charge is -2.39. The van der Waals surface area contributed by atoms with Crippen LogP contribution in [0.3, 0.4) is 0 Å². The molecule has 0 radical (unpaired) electrons. The third-order valence-corrected chi connectivity index (χ3v) is 5.92. The first-order chi connectivity index (χ1) is 9.91. The summed E-state index contributed by atoms with van der Waals surface area (Å²) < 4.78 is 0.753. The second-order valence-electron chi connectivity index (χ2n) is 6.36. The molecule has 3 heteroatoms. The van der Waals surface area contributed by atoms with Crippen molar-refractivity contribution in [2.24, 2.45) is 17.8 Å². The molecule has 2 nitrogen and oxygen atoms in total. The molecule has 1 fully saturated rings. The van der Waals surface area contributed by atoms with Gasteiger partial charge in [-0.05, 0) is 60.6 Å². The number of Topliss-reactive ketones (excluding diaryl/α,β-unsaturated/α-hetero) is 2. The molecule has 0 heterocycles. The highest BCUT2D eigenvalue weighted by Crippen LogP contribution is 2.50. The van der Waals surface area contributed by atoms with Gasteiger partial charge in [0.15, 0.2) is 11.6 Å². The topological polar surface area (TPSA) is 34.1 Å². The summed E-state index contributed by atoms with van der Waals surface area (Å²) in [6.45, 7) is 10.4. The SMILES string of the molecule is C=C1CC[C@H](C(=C)C)[C@H]2C=C(I)C(=O)C3=C(C(=O)CC3)[C@H]12. The Labute approximate surface area is 139 Å². The number of hydrogen-bond acceptors (Lipinski definition) is 2. The van der Waals surface area contributed by atoms with Gasteiger partial charge in [-0.1, -0.05) is 30.4 Å². The Morgan fingerprint density at radius 2 is 2.00 bits per heavy atom. The molecule has 3 aliphatic carbocycles. The summed E-state index contributed by atoms with van der Waals surface area (Å²) >= 11 is 2.13. The minimum absolute atomic E-state index is 0.0154. The summed E-state index contributed by atoms with van der Waals surface area (Å²) in [5.74, 6) is 0.713. The van der Waals surface area contributed by atoms with Gasteiger partial charge in [0.05, 0.1) is 3.58 Å². The highest BCUT2D eigenvalue weighted by molar-refractivity contribution is 14.1. The lowest BCUT2D eigenvalue weighted by atomic mass is 9.65. The van der Waals surface area contributed by atoms with Crippen LogP contribution in [0.2, 0.25) is 0 Å². The van der Waals surface area contributed by atoms with Crippen molar-refractivity contribution in [2.45, 2.75) is 32.6 Å². The first kappa shape index (κ1) is 14.9. The zero-order valence-electron chi connectivity index (χ0n) is 12.2. The van der Waals surface area contributed by atoms with E-state index >= 15 is 0 Å². The molecule has 3 aliphatic rings. The Hall–Kier alpha value is -0.970. The Morgan fingerprint density at radius 1 is 1.29 bits per heavy atom. The van der Waals surface area contributed by atoms with Crippen molar-refractivity contribution in [3.63, 3.8) is 0 Å². The molecule has 0 bridgehead atoms. The quantitative estimate of drug-likeness (QED) is 0.490. The molecule has 0 aromatic rings. The highest BCUT2D eigenvalue weighted by Gasteiger charge is 2.44. The summed E-state index contributed by atoms with van der Waals surface area (Å²) in [7, 11) is 0. The van der Waals surface area contributed by atoms with E-state index in [9.17, 15) is 9.59 Å². The first-order valence-corrected chi connectivity index (χ1v) is 8.51. The molecule has 3 rings (SSSR count). The molecule has 0 aromatic carbocycles. The highest BCUT2D eigenvalue weighted by atomic mass is 127. The number of rotatable bonds is 1. The van der Waals surface area contributed by atoms with Gasteiger partial charge in [-0.15, -0.1) is 0 Å². The second kappa shape index (κ2) is 5.34.